The van der Waals surface area contributed by atoms with Gasteiger partial charge in [0, 0.05) is 24.8 Å². The Morgan fingerprint density at radius 2 is 1.83 bits per heavy atom. The summed E-state index contributed by atoms with van der Waals surface area (Å²) in [5.41, 5.74) is -0.599. The van der Waals surface area contributed by atoms with Gasteiger partial charge in [-0.2, -0.15) is 0 Å². The van der Waals surface area contributed by atoms with E-state index in [0.29, 0.717) is 5.57 Å². The Kier molecular flexibility index (Phi) is 4.51. The Morgan fingerprint density at radius 3 is 2.40 bits per heavy atom. The predicted octanol–water partition coefficient (Wildman–Crippen LogP) is 1.80. The molecule has 2 fully saturated rings. The maximum absolute atomic E-state index is 12.9. The number of rotatable bonds is 3. The molecule has 8 nitrogen and oxygen atoms in total. The van der Waals surface area contributed by atoms with E-state index in [1.807, 2.05) is 13.8 Å². The van der Waals surface area contributed by atoms with Crippen molar-refractivity contribution in [1.82, 2.24) is 0 Å². The van der Waals surface area contributed by atoms with Gasteiger partial charge in [-0.1, -0.05) is 11.1 Å². The molecule has 30 heavy (non-hydrogen) atoms. The van der Waals surface area contributed by atoms with Gasteiger partial charge in [0.1, 0.15) is 12.2 Å². The second-order valence-corrected chi connectivity index (χ2v) is 9.04. The molecule has 4 rings (SSSR count). The van der Waals surface area contributed by atoms with Gasteiger partial charge in [-0.3, -0.25) is 9.59 Å². The summed E-state index contributed by atoms with van der Waals surface area (Å²) < 4.78 is 22.4. The first-order valence-electron chi connectivity index (χ1n) is 10.1. The van der Waals surface area contributed by atoms with Gasteiger partial charge in [-0.25, -0.2) is 9.59 Å². The lowest BCUT2D eigenvalue weighted by Crippen LogP contribution is -2.51. The van der Waals surface area contributed by atoms with E-state index in [4.69, 9.17) is 18.9 Å². The van der Waals surface area contributed by atoms with Crippen LogP contribution in [0.5, 0.6) is 0 Å². The van der Waals surface area contributed by atoms with E-state index in [-0.39, 0.29) is 18.3 Å². The second kappa shape index (κ2) is 6.51. The number of epoxide rings is 1. The van der Waals surface area contributed by atoms with Crippen molar-refractivity contribution < 1.29 is 38.1 Å². The number of ether oxygens (including phenoxy) is 4. The number of ketones is 1. The average molecular weight is 418 g/mol. The monoisotopic (exact) mass is 418 g/mol. The van der Waals surface area contributed by atoms with Crippen LogP contribution in [0.2, 0.25) is 0 Å². The van der Waals surface area contributed by atoms with Crippen LogP contribution >= 0.6 is 0 Å². The molecule has 2 aliphatic carbocycles. The molecule has 0 N–H and O–H groups in total. The fourth-order valence-electron chi connectivity index (χ4n) is 5.12. The third-order valence-corrected chi connectivity index (χ3v) is 6.92. The molecule has 8 heteroatoms. The molecule has 0 saturated carbocycles. The Bertz CT molecular complexity index is 929. The van der Waals surface area contributed by atoms with Gasteiger partial charge in [-0.15, -0.1) is 0 Å². The van der Waals surface area contributed by atoms with Crippen molar-refractivity contribution in [1.29, 1.82) is 0 Å². The zero-order chi connectivity index (χ0) is 22.2. The van der Waals surface area contributed by atoms with Crippen molar-refractivity contribution in [3.8, 4) is 0 Å². The standard InChI is InChI=1S/C22H26O8/c1-9-7-13(24)15-10(2)8-14(27-19(25)21(5)11(3)29-21)17-18(16(9)15)28-20(26)22(17,6)30-12(4)23/h7,11,14,16-18H,8H2,1-6H3/t11-,14+,16-,17-,18+,21+,22+/m1/s1. The maximum atomic E-state index is 12.9. The Hall–Kier alpha value is -2.48. The molecule has 0 unspecified atom stereocenters. The molecular weight excluding hydrogens is 392 g/mol. The van der Waals surface area contributed by atoms with Crippen LogP contribution in [0.1, 0.15) is 48.0 Å². The van der Waals surface area contributed by atoms with Crippen molar-refractivity contribution in [2.24, 2.45) is 11.8 Å². The van der Waals surface area contributed by atoms with Gasteiger partial charge in [0.05, 0.1) is 12.0 Å². The van der Waals surface area contributed by atoms with Crippen LogP contribution in [0.4, 0.5) is 0 Å². The summed E-state index contributed by atoms with van der Waals surface area (Å²) in [4.78, 5) is 50.2. The van der Waals surface area contributed by atoms with Crippen LogP contribution in [0, 0.1) is 11.8 Å². The van der Waals surface area contributed by atoms with E-state index >= 15 is 0 Å². The molecule has 4 aliphatic rings. The molecule has 162 valence electrons. The smallest absolute Gasteiger partial charge is 0.351 e. The highest BCUT2D eigenvalue weighted by Crippen LogP contribution is 2.51. The molecule has 0 amide bonds. The second-order valence-electron chi connectivity index (χ2n) is 9.04. The Morgan fingerprint density at radius 1 is 1.20 bits per heavy atom. The Balaban J connectivity index is 1.78. The molecule has 2 aliphatic heterocycles. The largest absolute Gasteiger partial charge is 0.459 e. The predicted molar refractivity (Wildman–Crippen MR) is 102 cm³/mol. The molecule has 2 saturated heterocycles. The van der Waals surface area contributed by atoms with Gasteiger partial charge in [0.2, 0.25) is 5.60 Å². The molecule has 7 atom stereocenters. The van der Waals surface area contributed by atoms with E-state index in [1.165, 1.54) is 13.8 Å². The summed E-state index contributed by atoms with van der Waals surface area (Å²) >= 11 is 0. The molecule has 0 aromatic rings. The minimum absolute atomic E-state index is 0.135. The number of carbonyl (C=O) groups is 4. The van der Waals surface area contributed by atoms with Crippen LogP contribution in [-0.4, -0.2) is 53.2 Å². The first kappa shape index (κ1) is 20.8. The molecule has 0 bridgehead atoms. The van der Waals surface area contributed by atoms with Gasteiger partial charge in [0.25, 0.3) is 0 Å². The third-order valence-electron chi connectivity index (χ3n) is 6.92. The van der Waals surface area contributed by atoms with Crippen molar-refractivity contribution >= 4 is 23.7 Å². The van der Waals surface area contributed by atoms with Crippen molar-refractivity contribution in [2.75, 3.05) is 0 Å². The number of carbonyl (C=O) groups excluding carboxylic acids is 4. The minimum Gasteiger partial charge on any atom is -0.459 e. The first-order chi connectivity index (χ1) is 13.9. The lowest BCUT2D eigenvalue weighted by molar-refractivity contribution is -0.178. The van der Waals surface area contributed by atoms with E-state index < -0.39 is 53.2 Å². The molecule has 0 aromatic heterocycles. The summed E-state index contributed by atoms with van der Waals surface area (Å²) in [6, 6.07) is 0. The van der Waals surface area contributed by atoms with Crippen LogP contribution in [-0.2, 0) is 38.1 Å². The van der Waals surface area contributed by atoms with Gasteiger partial charge in [0.15, 0.2) is 11.4 Å². The summed E-state index contributed by atoms with van der Waals surface area (Å²) in [6.07, 6.45) is -0.129. The number of allylic oxidation sites excluding steroid dienone is 1. The molecule has 0 radical (unpaired) electrons. The van der Waals surface area contributed by atoms with E-state index in [9.17, 15) is 19.2 Å². The molecule has 2 heterocycles. The third kappa shape index (κ3) is 2.84. The van der Waals surface area contributed by atoms with Crippen LogP contribution in [0.25, 0.3) is 0 Å². The van der Waals surface area contributed by atoms with Gasteiger partial charge in [-0.05, 0) is 40.7 Å². The lowest BCUT2D eigenvalue weighted by Gasteiger charge is -2.34. The highest BCUT2D eigenvalue weighted by Gasteiger charge is 2.66. The number of fused-ring (bicyclic) bond motifs is 3. The van der Waals surface area contributed by atoms with E-state index in [2.05, 4.69) is 0 Å². The molecular formula is C22H26O8. The van der Waals surface area contributed by atoms with Crippen molar-refractivity contribution in [3.63, 3.8) is 0 Å². The van der Waals surface area contributed by atoms with E-state index in [1.54, 1.807) is 19.9 Å². The van der Waals surface area contributed by atoms with Crippen LogP contribution in [0.3, 0.4) is 0 Å². The Labute approximate surface area is 174 Å². The fourth-order valence-corrected chi connectivity index (χ4v) is 5.12. The number of hydrogen-bond donors (Lipinski definition) is 0. The summed E-state index contributed by atoms with van der Waals surface area (Å²) in [6.45, 7) is 9.73. The molecule has 0 aromatic carbocycles. The highest BCUT2D eigenvalue weighted by atomic mass is 16.7. The normalized spacial score (nSPS) is 42.1. The lowest BCUT2D eigenvalue weighted by atomic mass is 9.77. The average Bonchev–Trinajstić information content (AvgIpc) is 3.05. The zero-order valence-corrected chi connectivity index (χ0v) is 17.9. The highest BCUT2D eigenvalue weighted by molar-refractivity contribution is 6.09. The van der Waals surface area contributed by atoms with Gasteiger partial charge < -0.3 is 18.9 Å². The molecule has 0 spiro atoms. The SMILES string of the molecule is CC(=O)O[C@]1(C)C(=O)O[C@H]2[C@@H]3C(C)=CC(=O)C3=C(C)C[C@H](OC(=O)[C@@]3(C)O[C@@H]3C)[C@H]21. The number of hydrogen-bond acceptors (Lipinski definition) is 8. The summed E-state index contributed by atoms with van der Waals surface area (Å²) in [5, 5.41) is 0. The zero-order valence-electron chi connectivity index (χ0n) is 17.9. The van der Waals surface area contributed by atoms with E-state index in [0.717, 1.165) is 11.1 Å². The van der Waals surface area contributed by atoms with Crippen LogP contribution < -0.4 is 0 Å². The maximum Gasteiger partial charge on any atom is 0.351 e. The van der Waals surface area contributed by atoms with Crippen molar-refractivity contribution in [2.45, 2.75) is 77.5 Å². The minimum atomic E-state index is -1.64. The number of esters is 3. The summed E-state index contributed by atoms with van der Waals surface area (Å²) in [7, 11) is 0. The first-order valence-corrected chi connectivity index (χ1v) is 10.1. The topological polar surface area (TPSA) is 109 Å². The van der Waals surface area contributed by atoms with Gasteiger partial charge >= 0.3 is 17.9 Å². The quantitative estimate of drug-likeness (QED) is 0.388. The van der Waals surface area contributed by atoms with Crippen LogP contribution in [0.15, 0.2) is 22.8 Å². The fraction of sp³-hybridized carbons (Fsp3) is 0.636. The van der Waals surface area contributed by atoms with Crippen molar-refractivity contribution in [3.05, 3.63) is 22.8 Å². The summed E-state index contributed by atoms with van der Waals surface area (Å²) in [5.74, 6) is -3.27.